The molecular formula is C20H24BrClN2O2. The summed E-state index contributed by atoms with van der Waals surface area (Å²) in [6.45, 7) is 6.74. The smallest absolute Gasteiger partial charge is 0.119 e. The van der Waals surface area contributed by atoms with E-state index in [-0.39, 0.29) is 0 Å². The van der Waals surface area contributed by atoms with Gasteiger partial charge in [0.15, 0.2) is 0 Å². The highest BCUT2D eigenvalue weighted by molar-refractivity contribution is 9.10. The van der Waals surface area contributed by atoms with E-state index >= 15 is 0 Å². The van der Waals surface area contributed by atoms with Crippen LogP contribution in [0.4, 0.5) is 5.69 Å². The minimum Gasteiger partial charge on any atom is -0.491 e. The molecule has 1 unspecified atom stereocenters. The van der Waals surface area contributed by atoms with Crippen LogP contribution < -0.4 is 9.64 Å². The van der Waals surface area contributed by atoms with Crippen molar-refractivity contribution in [2.45, 2.75) is 13.0 Å². The van der Waals surface area contributed by atoms with Crippen molar-refractivity contribution >= 4 is 33.2 Å². The van der Waals surface area contributed by atoms with Crippen LogP contribution in [0.15, 0.2) is 46.9 Å². The van der Waals surface area contributed by atoms with E-state index in [1.165, 1.54) is 11.3 Å². The number of piperazine rings is 1. The molecule has 3 rings (SSSR count). The molecule has 6 heteroatoms. The minimum atomic E-state index is -0.502. The van der Waals surface area contributed by atoms with Crippen molar-refractivity contribution in [3.05, 3.63) is 57.5 Å². The third-order valence-corrected chi connectivity index (χ3v) is 5.37. The third kappa shape index (κ3) is 5.36. The molecule has 140 valence electrons. The number of ether oxygens (including phenoxy) is 1. The van der Waals surface area contributed by atoms with Gasteiger partial charge in [0.25, 0.3) is 0 Å². The first kappa shape index (κ1) is 19.5. The van der Waals surface area contributed by atoms with E-state index in [2.05, 4.69) is 38.7 Å². The maximum absolute atomic E-state index is 10.3. The molecule has 2 aromatic rings. The predicted molar refractivity (Wildman–Crippen MR) is 110 cm³/mol. The average Bonchev–Trinajstić information content (AvgIpc) is 2.64. The number of hydrogen-bond donors (Lipinski definition) is 1. The van der Waals surface area contributed by atoms with Gasteiger partial charge >= 0.3 is 0 Å². The zero-order chi connectivity index (χ0) is 18.5. The fraction of sp³-hybridized carbons (Fsp3) is 0.400. The monoisotopic (exact) mass is 438 g/mol. The van der Waals surface area contributed by atoms with Gasteiger partial charge in [0.05, 0.1) is 0 Å². The second-order valence-corrected chi connectivity index (χ2v) is 7.99. The highest BCUT2D eigenvalue weighted by Gasteiger charge is 2.20. The van der Waals surface area contributed by atoms with E-state index in [1.807, 2.05) is 36.4 Å². The molecule has 0 amide bonds. The maximum atomic E-state index is 10.3. The van der Waals surface area contributed by atoms with Crippen LogP contribution in [0.25, 0.3) is 0 Å². The van der Waals surface area contributed by atoms with Crippen LogP contribution in [0, 0.1) is 6.92 Å². The summed E-state index contributed by atoms with van der Waals surface area (Å²) in [4.78, 5) is 4.65. The van der Waals surface area contributed by atoms with E-state index < -0.39 is 6.10 Å². The van der Waals surface area contributed by atoms with Gasteiger partial charge in [0.1, 0.15) is 18.5 Å². The Morgan fingerprint density at radius 1 is 1.12 bits per heavy atom. The van der Waals surface area contributed by atoms with Crippen molar-refractivity contribution in [1.82, 2.24) is 4.90 Å². The molecule has 1 aliphatic rings. The third-order valence-electron chi connectivity index (χ3n) is 4.61. The highest BCUT2D eigenvalue weighted by Crippen LogP contribution is 2.25. The van der Waals surface area contributed by atoms with Crippen LogP contribution in [0.3, 0.4) is 0 Å². The van der Waals surface area contributed by atoms with Gasteiger partial charge in [-0.15, -0.1) is 0 Å². The average molecular weight is 440 g/mol. The lowest BCUT2D eigenvalue weighted by Crippen LogP contribution is -2.49. The van der Waals surface area contributed by atoms with E-state index in [1.54, 1.807) is 0 Å². The molecule has 4 nitrogen and oxygen atoms in total. The van der Waals surface area contributed by atoms with Gasteiger partial charge in [-0.05, 0) is 48.9 Å². The van der Waals surface area contributed by atoms with Gasteiger partial charge < -0.3 is 14.7 Å². The van der Waals surface area contributed by atoms with Gasteiger partial charge in [0, 0.05) is 47.9 Å². The number of benzene rings is 2. The summed E-state index contributed by atoms with van der Waals surface area (Å²) in [5.41, 5.74) is 2.45. The molecule has 1 atom stereocenters. The van der Waals surface area contributed by atoms with Crippen molar-refractivity contribution in [3.8, 4) is 5.75 Å². The summed E-state index contributed by atoms with van der Waals surface area (Å²) >= 11 is 9.54. The number of aliphatic hydroxyl groups excluding tert-OH is 1. The van der Waals surface area contributed by atoms with Crippen LogP contribution in [0.2, 0.25) is 5.02 Å². The Balaban J connectivity index is 1.44. The molecule has 1 aliphatic heterocycles. The number of aryl methyl sites for hydroxylation is 1. The maximum Gasteiger partial charge on any atom is 0.119 e. The van der Waals surface area contributed by atoms with E-state index in [9.17, 15) is 5.11 Å². The van der Waals surface area contributed by atoms with Crippen LogP contribution >= 0.6 is 27.5 Å². The SMILES string of the molecule is Cc1ccc(Cl)cc1N1CCN(CC(O)COc2ccc(Br)cc2)CC1. The fourth-order valence-corrected chi connectivity index (χ4v) is 3.60. The first-order valence-electron chi connectivity index (χ1n) is 8.81. The Kier molecular flexibility index (Phi) is 6.81. The van der Waals surface area contributed by atoms with Crippen LogP contribution in [0.1, 0.15) is 5.56 Å². The molecule has 0 bridgehead atoms. The number of aliphatic hydroxyl groups is 1. The molecule has 0 aromatic heterocycles. The van der Waals surface area contributed by atoms with Crippen molar-refractivity contribution in [2.24, 2.45) is 0 Å². The predicted octanol–water partition coefficient (Wildman–Crippen LogP) is 3.97. The van der Waals surface area contributed by atoms with E-state index in [0.717, 1.165) is 41.4 Å². The van der Waals surface area contributed by atoms with E-state index in [4.69, 9.17) is 16.3 Å². The normalized spacial score (nSPS) is 16.5. The lowest BCUT2D eigenvalue weighted by Gasteiger charge is -2.37. The standard InChI is InChI=1S/C20H24BrClN2O2/c1-15-2-5-17(22)12-20(15)24-10-8-23(9-11-24)13-18(25)14-26-19-6-3-16(21)4-7-19/h2-7,12,18,25H,8-11,13-14H2,1H3. The zero-order valence-electron chi connectivity index (χ0n) is 14.9. The summed E-state index contributed by atoms with van der Waals surface area (Å²) in [5, 5.41) is 11.0. The lowest BCUT2D eigenvalue weighted by atomic mass is 10.1. The van der Waals surface area contributed by atoms with Gasteiger partial charge in [-0.2, -0.15) is 0 Å². The van der Waals surface area contributed by atoms with Gasteiger partial charge in [-0.1, -0.05) is 33.6 Å². The Morgan fingerprint density at radius 2 is 1.81 bits per heavy atom. The quantitative estimate of drug-likeness (QED) is 0.739. The van der Waals surface area contributed by atoms with Crippen LogP contribution in [0.5, 0.6) is 5.75 Å². The lowest BCUT2D eigenvalue weighted by molar-refractivity contribution is 0.0663. The first-order chi connectivity index (χ1) is 12.5. The molecule has 1 heterocycles. The van der Waals surface area contributed by atoms with E-state index in [0.29, 0.717) is 13.2 Å². The second kappa shape index (κ2) is 9.09. The molecule has 26 heavy (non-hydrogen) atoms. The van der Waals surface area contributed by atoms with Crippen LogP contribution in [-0.2, 0) is 0 Å². The molecule has 0 saturated carbocycles. The number of halogens is 2. The Hall–Kier alpha value is -1.27. The number of β-amino-alcohol motifs (C(OH)–C–C–N with tert-alkyl or cyclic N) is 1. The van der Waals surface area contributed by atoms with Gasteiger partial charge in [-0.3, -0.25) is 4.90 Å². The molecular weight excluding hydrogens is 416 g/mol. The minimum absolute atomic E-state index is 0.301. The molecule has 0 aliphatic carbocycles. The molecule has 0 radical (unpaired) electrons. The summed E-state index contributed by atoms with van der Waals surface area (Å²) in [7, 11) is 0. The summed E-state index contributed by atoms with van der Waals surface area (Å²) in [6.07, 6.45) is -0.502. The van der Waals surface area contributed by atoms with Crippen molar-refractivity contribution < 1.29 is 9.84 Å². The molecule has 2 aromatic carbocycles. The Bertz CT molecular complexity index is 718. The van der Waals surface area contributed by atoms with Crippen molar-refractivity contribution in [1.29, 1.82) is 0 Å². The fourth-order valence-electron chi connectivity index (χ4n) is 3.17. The molecule has 0 spiro atoms. The van der Waals surface area contributed by atoms with Crippen LogP contribution in [-0.4, -0.2) is 55.4 Å². The number of hydrogen-bond acceptors (Lipinski definition) is 4. The second-order valence-electron chi connectivity index (χ2n) is 6.64. The van der Waals surface area contributed by atoms with Gasteiger partial charge in [-0.25, -0.2) is 0 Å². The highest BCUT2D eigenvalue weighted by atomic mass is 79.9. The van der Waals surface area contributed by atoms with Crippen molar-refractivity contribution in [3.63, 3.8) is 0 Å². The first-order valence-corrected chi connectivity index (χ1v) is 9.98. The zero-order valence-corrected chi connectivity index (χ0v) is 17.2. The van der Waals surface area contributed by atoms with Crippen molar-refractivity contribution in [2.75, 3.05) is 44.2 Å². The molecule has 1 N–H and O–H groups in total. The molecule has 1 saturated heterocycles. The summed E-state index contributed by atoms with van der Waals surface area (Å²) in [6, 6.07) is 13.7. The Morgan fingerprint density at radius 3 is 2.50 bits per heavy atom. The summed E-state index contributed by atoms with van der Waals surface area (Å²) in [5.74, 6) is 0.772. The number of rotatable bonds is 6. The Labute approximate surface area is 168 Å². The summed E-state index contributed by atoms with van der Waals surface area (Å²) < 4.78 is 6.67. The number of anilines is 1. The topological polar surface area (TPSA) is 35.9 Å². The largest absolute Gasteiger partial charge is 0.491 e. The molecule has 1 fully saturated rings. The number of nitrogens with zero attached hydrogens (tertiary/aromatic N) is 2. The van der Waals surface area contributed by atoms with Gasteiger partial charge in [0.2, 0.25) is 0 Å².